The van der Waals surface area contributed by atoms with Crippen molar-refractivity contribution >= 4 is 39.9 Å². The summed E-state index contributed by atoms with van der Waals surface area (Å²) >= 11 is 1.29. The molecule has 0 unspecified atom stereocenters. The number of aromatic nitrogens is 1. The summed E-state index contributed by atoms with van der Waals surface area (Å²) in [5, 5.41) is 7.56. The monoisotopic (exact) mass is 423 g/mol. The van der Waals surface area contributed by atoms with Crippen LogP contribution in [0.25, 0.3) is 11.3 Å². The number of carbonyl (C=O) groups is 3. The second kappa shape index (κ2) is 8.34. The molecule has 0 spiro atoms. The molecule has 2 amide bonds. The van der Waals surface area contributed by atoms with Gasteiger partial charge in [-0.1, -0.05) is 30.3 Å². The molecule has 1 aliphatic rings. The minimum Gasteiger partial charge on any atom is -0.482 e. The van der Waals surface area contributed by atoms with Gasteiger partial charge in [-0.15, -0.1) is 11.3 Å². The molecule has 0 aliphatic carbocycles. The lowest BCUT2D eigenvalue weighted by molar-refractivity contribution is -0.123. The Morgan fingerprint density at radius 3 is 2.83 bits per heavy atom. The summed E-state index contributed by atoms with van der Waals surface area (Å²) < 4.78 is 10.5. The number of esters is 1. The maximum Gasteiger partial charge on any atom is 0.339 e. The van der Waals surface area contributed by atoms with Gasteiger partial charge in [0.1, 0.15) is 5.75 Å². The highest BCUT2D eigenvalue weighted by atomic mass is 32.1. The fraction of sp³-hybridized carbons (Fsp3) is 0.143. The molecule has 0 saturated heterocycles. The number of ether oxygens (including phenoxy) is 2. The summed E-state index contributed by atoms with van der Waals surface area (Å²) in [5.74, 6) is -1.05. The van der Waals surface area contributed by atoms with Crippen LogP contribution in [0.3, 0.4) is 0 Å². The molecule has 1 aromatic heterocycles. The molecule has 1 atom stereocenters. The highest BCUT2D eigenvalue weighted by Gasteiger charge is 2.22. The van der Waals surface area contributed by atoms with Gasteiger partial charge in [-0.25, -0.2) is 9.78 Å². The van der Waals surface area contributed by atoms with E-state index in [1.165, 1.54) is 30.4 Å². The topological polar surface area (TPSA) is 107 Å². The molecule has 0 saturated carbocycles. The van der Waals surface area contributed by atoms with E-state index in [1.807, 2.05) is 35.7 Å². The lowest BCUT2D eigenvalue weighted by Crippen LogP contribution is -2.30. The number of nitrogens with zero attached hydrogens (tertiary/aromatic N) is 1. The number of fused-ring (bicyclic) bond motifs is 1. The third-order valence-electron chi connectivity index (χ3n) is 4.31. The second-order valence-electron chi connectivity index (χ2n) is 6.49. The minimum absolute atomic E-state index is 0.122. The molecule has 0 bridgehead atoms. The van der Waals surface area contributed by atoms with Gasteiger partial charge in [-0.05, 0) is 25.1 Å². The number of amides is 2. The number of benzene rings is 2. The summed E-state index contributed by atoms with van der Waals surface area (Å²) in [4.78, 5) is 40.5. The average Bonchev–Trinajstić information content (AvgIpc) is 3.22. The van der Waals surface area contributed by atoms with Crippen LogP contribution in [0.2, 0.25) is 0 Å². The van der Waals surface area contributed by atoms with E-state index in [0.717, 1.165) is 11.3 Å². The van der Waals surface area contributed by atoms with Gasteiger partial charge in [-0.2, -0.15) is 0 Å². The highest BCUT2D eigenvalue weighted by molar-refractivity contribution is 7.14. The summed E-state index contributed by atoms with van der Waals surface area (Å²) in [5.41, 5.74) is 2.39. The predicted molar refractivity (Wildman–Crippen MR) is 112 cm³/mol. The van der Waals surface area contributed by atoms with E-state index in [2.05, 4.69) is 15.6 Å². The molecular weight excluding hydrogens is 406 g/mol. The van der Waals surface area contributed by atoms with Gasteiger partial charge in [0, 0.05) is 10.9 Å². The summed E-state index contributed by atoms with van der Waals surface area (Å²) in [6, 6.07) is 14.1. The molecule has 9 heteroatoms. The molecule has 30 heavy (non-hydrogen) atoms. The van der Waals surface area contributed by atoms with Crippen molar-refractivity contribution in [1.29, 1.82) is 0 Å². The van der Waals surface area contributed by atoms with Gasteiger partial charge in [0.05, 0.1) is 16.9 Å². The van der Waals surface area contributed by atoms with E-state index in [0.29, 0.717) is 16.6 Å². The number of hydrogen-bond donors (Lipinski definition) is 2. The quantitative estimate of drug-likeness (QED) is 0.610. The standard InChI is InChI=1S/C21H17N3O5S/c1-12(19(26)24-21-23-16(11-30-21)13-5-3-2-4-6-13)29-20(27)14-7-8-15-17(9-14)28-10-18(25)22-15/h2-9,11-12H,10H2,1H3,(H,22,25)(H,23,24,26)/t12-/m0/s1. The van der Waals surface area contributed by atoms with E-state index in [1.54, 1.807) is 6.07 Å². The van der Waals surface area contributed by atoms with Crippen molar-refractivity contribution in [3.63, 3.8) is 0 Å². The van der Waals surface area contributed by atoms with Crippen LogP contribution in [0.1, 0.15) is 17.3 Å². The molecule has 8 nitrogen and oxygen atoms in total. The maximum atomic E-state index is 12.4. The fourth-order valence-electron chi connectivity index (χ4n) is 2.76. The fourth-order valence-corrected chi connectivity index (χ4v) is 3.49. The van der Waals surface area contributed by atoms with E-state index >= 15 is 0 Å². The average molecular weight is 423 g/mol. The van der Waals surface area contributed by atoms with Crippen LogP contribution in [-0.2, 0) is 14.3 Å². The zero-order valence-corrected chi connectivity index (χ0v) is 16.7. The Morgan fingerprint density at radius 2 is 2.03 bits per heavy atom. The number of carbonyl (C=O) groups excluding carboxylic acids is 3. The number of hydrogen-bond acceptors (Lipinski definition) is 7. The van der Waals surface area contributed by atoms with Crippen molar-refractivity contribution in [3.05, 3.63) is 59.5 Å². The van der Waals surface area contributed by atoms with Crippen molar-refractivity contribution in [2.24, 2.45) is 0 Å². The lowest BCUT2D eigenvalue weighted by Gasteiger charge is -2.18. The Balaban J connectivity index is 1.37. The Hall–Kier alpha value is -3.72. The first kappa shape index (κ1) is 19.6. The third kappa shape index (κ3) is 4.31. The van der Waals surface area contributed by atoms with Crippen molar-refractivity contribution < 1.29 is 23.9 Å². The summed E-state index contributed by atoms with van der Waals surface area (Å²) in [6.07, 6.45) is -1.03. The Kier molecular flexibility index (Phi) is 5.44. The molecule has 2 heterocycles. The molecule has 0 radical (unpaired) electrons. The van der Waals surface area contributed by atoms with Crippen LogP contribution < -0.4 is 15.4 Å². The van der Waals surface area contributed by atoms with Crippen LogP contribution in [0.4, 0.5) is 10.8 Å². The Bertz CT molecular complexity index is 1110. The van der Waals surface area contributed by atoms with Crippen LogP contribution in [0.15, 0.2) is 53.9 Å². The lowest BCUT2D eigenvalue weighted by atomic mass is 10.1. The second-order valence-corrected chi connectivity index (χ2v) is 7.35. The van der Waals surface area contributed by atoms with Crippen molar-refractivity contribution in [2.45, 2.75) is 13.0 Å². The molecule has 0 fully saturated rings. The van der Waals surface area contributed by atoms with Crippen molar-refractivity contribution in [3.8, 4) is 17.0 Å². The van der Waals surface area contributed by atoms with Crippen molar-refractivity contribution in [2.75, 3.05) is 17.2 Å². The molecule has 2 aromatic carbocycles. The zero-order valence-electron chi connectivity index (χ0n) is 15.9. The maximum absolute atomic E-state index is 12.4. The minimum atomic E-state index is -1.03. The van der Waals surface area contributed by atoms with Gasteiger partial charge in [0.15, 0.2) is 17.8 Å². The van der Waals surface area contributed by atoms with Gasteiger partial charge in [0.2, 0.25) is 0 Å². The molecule has 3 aromatic rings. The summed E-state index contributed by atoms with van der Waals surface area (Å²) in [6.45, 7) is 1.36. The van der Waals surface area contributed by atoms with Gasteiger partial charge < -0.3 is 14.8 Å². The van der Waals surface area contributed by atoms with E-state index in [-0.39, 0.29) is 18.1 Å². The van der Waals surface area contributed by atoms with E-state index < -0.39 is 18.0 Å². The molecule has 4 rings (SSSR count). The first-order valence-corrected chi connectivity index (χ1v) is 9.97. The first-order chi connectivity index (χ1) is 14.5. The molecule has 1 aliphatic heterocycles. The number of anilines is 2. The van der Waals surface area contributed by atoms with E-state index in [4.69, 9.17) is 9.47 Å². The smallest absolute Gasteiger partial charge is 0.339 e. The number of thiazole rings is 1. The first-order valence-electron chi connectivity index (χ1n) is 9.09. The number of rotatable bonds is 5. The van der Waals surface area contributed by atoms with Crippen LogP contribution in [-0.4, -0.2) is 35.5 Å². The summed E-state index contributed by atoms with van der Waals surface area (Å²) in [7, 11) is 0. The molecule has 2 N–H and O–H groups in total. The van der Waals surface area contributed by atoms with Crippen LogP contribution in [0.5, 0.6) is 5.75 Å². The Morgan fingerprint density at radius 1 is 1.23 bits per heavy atom. The van der Waals surface area contributed by atoms with Gasteiger partial charge in [0.25, 0.3) is 11.8 Å². The zero-order chi connectivity index (χ0) is 21.1. The van der Waals surface area contributed by atoms with Crippen LogP contribution >= 0.6 is 11.3 Å². The van der Waals surface area contributed by atoms with Gasteiger partial charge in [-0.3, -0.25) is 14.9 Å². The van der Waals surface area contributed by atoms with Gasteiger partial charge >= 0.3 is 5.97 Å². The molecule has 152 valence electrons. The van der Waals surface area contributed by atoms with Crippen LogP contribution in [0, 0.1) is 0 Å². The van der Waals surface area contributed by atoms with E-state index in [9.17, 15) is 14.4 Å². The highest BCUT2D eigenvalue weighted by Crippen LogP contribution is 2.29. The molecular formula is C21H17N3O5S. The number of nitrogens with one attached hydrogen (secondary N) is 2. The Labute approximate surface area is 175 Å². The SMILES string of the molecule is C[C@H](OC(=O)c1ccc2c(c1)OCC(=O)N2)C(=O)Nc1nc(-c2ccccc2)cs1. The third-order valence-corrected chi connectivity index (χ3v) is 5.06. The van der Waals surface area contributed by atoms with Crippen molar-refractivity contribution in [1.82, 2.24) is 4.98 Å². The normalized spacial score (nSPS) is 13.4. The largest absolute Gasteiger partial charge is 0.482 e. The predicted octanol–water partition coefficient (Wildman–Crippen LogP) is 3.33.